The second-order valence-electron chi connectivity index (χ2n) is 5.96. The van der Waals surface area contributed by atoms with E-state index in [1.807, 2.05) is 60.7 Å². The number of benzene rings is 2. The van der Waals surface area contributed by atoms with Crippen LogP contribution >= 0.6 is 11.8 Å². The monoisotopic (exact) mass is 351 g/mol. The molecule has 0 aliphatic carbocycles. The third kappa shape index (κ3) is 3.85. The lowest BCUT2D eigenvalue weighted by atomic mass is 10.1. The zero-order chi connectivity index (χ0) is 17.6. The molecule has 0 fully saturated rings. The molecule has 3 nitrogen and oxygen atoms in total. The summed E-state index contributed by atoms with van der Waals surface area (Å²) >= 11 is 1.46. The summed E-state index contributed by atoms with van der Waals surface area (Å²) in [5.41, 5.74) is 2.50. The molecule has 0 N–H and O–H groups in total. The number of imide groups is 1. The molecule has 0 saturated heterocycles. The van der Waals surface area contributed by atoms with Crippen molar-refractivity contribution >= 4 is 29.1 Å². The fourth-order valence-electron chi connectivity index (χ4n) is 2.80. The Morgan fingerprint density at radius 1 is 0.880 bits per heavy atom. The Morgan fingerprint density at radius 3 is 2.16 bits per heavy atom. The van der Waals surface area contributed by atoms with Gasteiger partial charge in [-0.05, 0) is 17.5 Å². The van der Waals surface area contributed by atoms with E-state index in [1.54, 1.807) is 0 Å². The normalized spacial score (nSPS) is 14.5. The molecule has 3 rings (SSSR count). The van der Waals surface area contributed by atoms with E-state index in [1.165, 1.54) is 16.7 Å². The van der Waals surface area contributed by atoms with Gasteiger partial charge >= 0.3 is 0 Å². The van der Waals surface area contributed by atoms with Gasteiger partial charge in [-0.2, -0.15) is 0 Å². The Kier molecular flexibility index (Phi) is 5.71. The highest BCUT2D eigenvalue weighted by molar-refractivity contribution is 8.03. The van der Waals surface area contributed by atoms with Crippen molar-refractivity contribution in [3.63, 3.8) is 0 Å². The minimum absolute atomic E-state index is 0.154. The molecule has 1 aliphatic heterocycles. The van der Waals surface area contributed by atoms with E-state index in [9.17, 15) is 9.59 Å². The molecule has 0 saturated carbocycles. The first-order valence-corrected chi connectivity index (χ1v) is 9.53. The van der Waals surface area contributed by atoms with Gasteiger partial charge in [0, 0.05) is 12.3 Å². The summed E-state index contributed by atoms with van der Waals surface area (Å²) in [5, 5.41) is 0. The number of rotatable bonds is 7. The fourth-order valence-corrected chi connectivity index (χ4v) is 3.88. The third-order valence-corrected chi connectivity index (χ3v) is 5.29. The number of nitrogens with zero attached hydrogens (tertiary/aromatic N) is 1. The van der Waals surface area contributed by atoms with Gasteiger partial charge < -0.3 is 0 Å². The van der Waals surface area contributed by atoms with E-state index in [0.29, 0.717) is 22.8 Å². The summed E-state index contributed by atoms with van der Waals surface area (Å²) < 4.78 is 0. The van der Waals surface area contributed by atoms with Crippen molar-refractivity contribution in [3.8, 4) is 0 Å². The number of hydrogen-bond acceptors (Lipinski definition) is 3. The summed E-state index contributed by atoms with van der Waals surface area (Å²) in [6.45, 7) is 2.54. The molecule has 25 heavy (non-hydrogen) atoms. The van der Waals surface area contributed by atoms with Crippen LogP contribution in [0.1, 0.15) is 30.9 Å². The van der Waals surface area contributed by atoms with Crippen molar-refractivity contribution in [1.29, 1.82) is 0 Å². The molecular weight excluding hydrogens is 330 g/mol. The quantitative estimate of drug-likeness (QED) is 0.689. The highest BCUT2D eigenvalue weighted by Crippen LogP contribution is 2.37. The van der Waals surface area contributed by atoms with Gasteiger partial charge in [-0.1, -0.05) is 74.0 Å². The van der Waals surface area contributed by atoms with E-state index in [2.05, 4.69) is 6.92 Å². The molecule has 0 unspecified atom stereocenters. The molecule has 2 aromatic rings. The van der Waals surface area contributed by atoms with Gasteiger partial charge in [0.15, 0.2) is 0 Å². The molecule has 128 valence electrons. The van der Waals surface area contributed by atoms with Gasteiger partial charge in [-0.15, -0.1) is 11.8 Å². The lowest BCUT2D eigenvalue weighted by Crippen LogP contribution is -2.32. The predicted molar refractivity (Wildman–Crippen MR) is 103 cm³/mol. The molecule has 0 spiro atoms. The molecule has 0 bridgehead atoms. The van der Waals surface area contributed by atoms with Crippen LogP contribution in [-0.4, -0.2) is 23.3 Å². The second kappa shape index (κ2) is 8.17. The van der Waals surface area contributed by atoms with Crippen molar-refractivity contribution in [2.24, 2.45) is 0 Å². The lowest BCUT2D eigenvalue weighted by molar-refractivity contribution is -0.136. The number of thioether (sulfide) groups is 1. The van der Waals surface area contributed by atoms with Crippen LogP contribution in [0.25, 0.3) is 5.57 Å². The zero-order valence-corrected chi connectivity index (χ0v) is 15.1. The van der Waals surface area contributed by atoms with E-state index < -0.39 is 0 Å². The summed E-state index contributed by atoms with van der Waals surface area (Å²) in [7, 11) is 0. The Hall–Kier alpha value is -2.33. The molecule has 0 atom stereocenters. The van der Waals surface area contributed by atoms with Gasteiger partial charge in [0.25, 0.3) is 11.8 Å². The van der Waals surface area contributed by atoms with E-state index in [0.717, 1.165) is 24.0 Å². The Labute approximate surface area is 152 Å². The molecule has 0 radical (unpaired) electrons. The smallest absolute Gasteiger partial charge is 0.267 e. The van der Waals surface area contributed by atoms with Crippen LogP contribution in [0.4, 0.5) is 0 Å². The standard InChI is InChI=1S/C21H21NO2S/c1-2-3-14-22-20(23)18(17-12-8-5-9-13-17)19(21(22)24)25-15-16-10-6-4-7-11-16/h4-13H,2-3,14-15H2,1H3. The molecule has 2 aromatic carbocycles. The van der Waals surface area contributed by atoms with Crippen LogP contribution in [0.5, 0.6) is 0 Å². The summed E-state index contributed by atoms with van der Waals surface area (Å²) in [6, 6.07) is 19.5. The number of carbonyl (C=O) groups excluding carboxylic acids is 2. The highest BCUT2D eigenvalue weighted by atomic mass is 32.2. The van der Waals surface area contributed by atoms with Crippen LogP contribution in [0.2, 0.25) is 0 Å². The summed E-state index contributed by atoms with van der Waals surface area (Å²) in [6.07, 6.45) is 1.78. The first-order valence-electron chi connectivity index (χ1n) is 8.55. The van der Waals surface area contributed by atoms with Gasteiger partial charge in [0.05, 0.1) is 10.5 Å². The minimum atomic E-state index is -0.166. The van der Waals surface area contributed by atoms with E-state index in [-0.39, 0.29) is 11.8 Å². The molecular formula is C21H21NO2S. The van der Waals surface area contributed by atoms with Crippen molar-refractivity contribution in [2.45, 2.75) is 25.5 Å². The number of amides is 2. The number of carbonyl (C=O) groups is 2. The minimum Gasteiger partial charge on any atom is -0.274 e. The fraction of sp³-hybridized carbons (Fsp3) is 0.238. The average Bonchev–Trinajstić information content (AvgIpc) is 2.89. The lowest BCUT2D eigenvalue weighted by Gasteiger charge is -2.14. The summed E-state index contributed by atoms with van der Waals surface area (Å²) in [4.78, 5) is 27.7. The van der Waals surface area contributed by atoms with Crippen LogP contribution in [-0.2, 0) is 15.3 Å². The van der Waals surface area contributed by atoms with Crippen LogP contribution in [0.3, 0.4) is 0 Å². The van der Waals surface area contributed by atoms with E-state index in [4.69, 9.17) is 0 Å². The number of hydrogen-bond donors (Lipinski definition) is 0. The van der Waals surface area contributed by atoms with Crippen molar-refractivity contribution in [3.05, 3.63) is 76.7 Å². The Morgan fingerprint density at radius 2 is 1.52 bits per heavy atom. The molecule has 0 aromatic heterocycles. The molecule has 1 aliphatic rings. The number of unbranched alkanes of at least 4 members (excludes halogenated alkanes) is 1. The van der Waals surface area contributed by atoms with Crippen molar-refractivity contribution < 1.29 is 9.59 Å². The Bertz CT molecular complexity index is 784. The SMILES string of the molecule is CCCCN1C(=O)C(SCc2ccccc2)=C(c2ccccc2)C1=O. The molecule has 4 heteroatoms. The zero-order valence-electron chi connectivity index (χ0n) is 14.3. The molecule has 2 amide bonds. The van der Waals surface area contributed by atoms with Crippen molar-refractivity contribution in [1.82, 2.24) is 4.90 Å². The first kappa shape index (κ1) is 17.5. The Balaban J connectivity index is 1.91. The van der Waals surface area contributed by atoms with Crippen LogP contribution in [0.15, 0.2) is 65.6 Å². The first-order chi connectivity index (χ1) is 12.2. The summed E-state index contributed by atoms with van der Waals surface area (Å²) in [5.74, 6) is 0.353. The van der Waals surface area contributed by atoms with Crippen LogP contribution < -0.4 is 0 Å². The predicted octanol–water partition coefficient (Wildman–Crippen LogP) is 4.50. The maximum atomic E-state index is 12.9. The van der Waals surface area contributed by atoms with Crippen LogP contribution in [0, 0.1) is 0 Å². The van der Waals surface area contributed by atoms with Gasteiger partial charge in [0.1, 0.15) is 0 Å². The topological polar surface area (TPSA) is 37.4 Å². The average molecular weight is 351 g/mol. The molecule has 1 heterocycles. The van der Waals surface area contributed by atoms with E-state index >= 15 is 0 Å². The highest BCUT2D eigenvalue weighted by Gasteiger charge is 2.38. The van der Waals surface area contributed by atoms with Gasteiger partial charge in [-0.3, -0.25) is 14.5 Å². The largest absolute Gasteiger partial charge is 0.274 e. The second-order valence-corrected chi connectivity index (χ2v) is 6.95. The van der Waals surface area contributed by atoms with Gasteiger partial charge in [0.2, 0.25) is 0 Å². The maximum Gasteiger partial charge on any atom is 0.267 e. The van der Waals surface area contributed by atoms with Gasteiger partial charge in [-0.25, -0.2) is 0 Å². The maximum absolute atomic E-state index is 12.9. The van der Waals surface area contributed by atoms with Crippen molar-refractivity contribution in [2.75, 3.05) is 6.54 Å². The third-order valence-electron chi connectivity index (χ3n) is 4.15.